The number of rotatable bonds is 5. The molecule has 1 heterocycles. The maximum absolute atomic E-state index is 11.1. The van der Waals surface area contributed by atoms with E-state index in [-0.39, 0.29) is 18.1 Å². The Bertz CT molecular complexity index is 359. The first kappa shape index (κ1) is 11.4. The van der Waals surface area contributed by atoms with Crippen LogP contribution in [0.25, 0.3) is 0 Å². The Morgan fingerprint density at radius 3 is 2.73 bits per heavy atom. The molecule has 0 atom stereocenters. The molecule has 0 saturated heterocycles. The van der Waals surface area contributed by atoms with Crippen molar-refractivity contribution in [2.75, 3.05) is 6.54 Å². The summed E-state index contributed by atoms with van der Waals surface area (Å²) < 4.78 is 4.76. The van der Waals surface area contributed by atoms with Crippen LogP contribution < -0.4 is 5.32 Å². The summed E-state index contributed by atoms with van der Waals surface area (Å²) in [4.78, 5) is 25.6. The fraction of sp³-hybridized carbons (Fsp3) is 0.556. The van der Waals surface area contributed by atoms with Gasteiger partial charge in [0.1, 0.15) is 5.78 Å². The molecule has 0 spiro atoms. The predicted octanol–water partition coefficient (Wildman–Crippen LogP) is 0.0158. The predicted molar refractivity (Wildman–Crippen MR) is 51.0 cm³/mol. The summed E-state index contributed by atoms with van der Waals surface area (Å²) >= 11 is 0. The normalized spacial score (nSPS) is 10.0. The van der Waals surface area contributed by atoms with Gasteiger partial charge in [-0.1, -0.05) is 5.16 Å². The monoisotopic (exact) mass is 211 g/mol. The second-order valence-corrected chi connectivity index (χ2v) is 3.21. The molecule has 0 aliphatic rings. The lowest BCUT2D eigenvalue weighted by Gasteiger charge is -2.00. The third kappa shape index (κ3) is 4.35. The van der Waals surface area contributed by atoms with E-state index in [1.165, 1.54) is 6.92 Å². The third-order valence-electron chi connectivity index (χ3n) is 1.65. The van der Waals surface area contributed by atoms with Crippen LogP contribution in [0.3, 0.4) is 0 Å². The van der Waals surface area contributed by atoms with Crippen molar-refractivity contribution in [3.8, 4) is 0 Å². The van der Waals surface area contributed by atoms with Crippen LogP contribution in [0.5, 0.6) is 0 Å². The highest BCUT2D eigenvalue weighted by Crippen LogP contribution is 1.94. The largest absolute Gasteiger partial charge is 0.355 e. The van der Waals surface area contributed by atoms with Crippen LogP contribution in [-0.4, -0.2) is 28.4 Å². The molecule has 6 nitrogen and oxygen atoms in total. The summed E-state index contributed by atoms with van der Waals surface area (Å²) in [5.41, 5.74) is 0. The molecule has 1 aromatic rings. The average molecular weight is 211 g/mol. The fourth-order valence-corrected chi connectivity index (χ4v) is 1.05. The first-order chi connectivity index (χ1) is 7.08. The van der Waals surface area contributed by atoms with Gasteiger partial charge in [0.25, 0.3) is 0 Å². The standard InChI is InChI=1S/C9H13N3O3/c1-6(13)5-9(14)10-4-3-8-11-7(2)15-12-8/h3-5H2,1-2H3,(H,10,14). The Morgan fingerprint density at radius 2 is 2.20 bits per heavy atom. The molecule has 0 aliphatic carbocycles. The van der Waals surface area contributed by atoms with E-state index in [1.54, 1.807) is 6.92 Å². The number of carbonyl (C=O) groups excluding carboxylic acids is 2. The van der Waals surface area contributed by atoms with Crippen molar-refractivity contribution in [2.45, 2.75) is 26.7 Å². The summed E-state index contributed by atoms with van der Waals surface area (Å²) in [6.07, 6.45) is 0.423. The molecular weight excluding hydrogens is 198 g/mol. The van der Waals surface area contributed by atoms with Gasteiger partial charge >= 0.3 is 0 Å². The first-order valence-corrected chi connectivity index (χ1v) is 4.63. The van der Waals surface area contributed by atoms with Crippen LogP contribution in [0, 0.1) is 6.92 Å². The summed E-state index contributed by atoms with van der Waals surface area (Å²) in [5, 5.41) is 6.26. The van der Waals surface area contributed by atoms with Crippen molar-refractivity contribution in [2.24, 2.45) is 0 Å². The molecule has 0 fully saturated rings. The van der Waals surface area contributed by atoms with E-state index in [2.05, 4.69) is 15.5 Å². The zero-order chi connectivity index (χ0) is 11.3. The van der Waals surface area contributed by atoms with Crippen molar-refractivity contribution in [1.82, 2.24) is 15.5 Å². The van der Waals surface area contributed by atoms with Crippen LogP contribution in [-0.2, 0) is 16.0 Å². The molecule has 0 saturated carbocycles. The Labute approximate surface area is 87.0 Å². The van der Waals surface area contributed by atoms with E-state index in [0.29, 0.717) is 24.7 Å². The number of hydrogen-bond acceptors (Lipinski definition) is 5. The first-order valence-electron chi connectivity index (χ1n) is 4.63. The average Bonchev–Trinajstić information content (AvgIpc) is 2.50. The van der Waals surface area contributed by atoms with Crippen molar-refractivity contribution in [3.63, 3.8) is 0 Å². The van der Waals surface area contributed by atoms with Crippen molar-refractivity contribution in [1.29, 1.82) is 0 Å². The molecule has 0 aliphatic heterocycles. The van der Waals surface area contributed by atoms with Crippen LogP contribution in [0.1, 0.15) is 25.1 Å². The van der Waals surface area contributed by atoms with E-state index in [1.807, 2.05) is 0 Å². The minimum absolute atomic E-state index is 0.0781. The maximum Gasteiger partial charge on any atom is 0.227 e. The quantitative estimate of drug-likeness (QED) is 0.694. The second-order valence-electron chi connectivity index (χ2n) is 3.21. The van der Waals surface area contributed by atoms with Crippen molar-refractivity contribution < 1.29 is 14.1 Å². The van der Waals surface area contributed by atoms with Crippen molar-refractivity contribution >= 4 is 11.7 Å². The van der Waals surface area contributed by atoms with Gasteiger partial charge in [-0.05, 0) is 6.92 Å². The number of nitrogens with one attached hydrogen (secondary N) is 1. The van der Waals surface area contributed by atoms with E-state index < -0.39 is 0 Å². The molecule has 15 heavy (non-hydrogen) atoms. The molecule has 0 radical (unpaired) electrons. The van der Waals surface area contributed by atoms with Crippen molar-refractivity contribution in [3.05, 3.63) is 11.7 Å². The van der Waals surface area contributed by atoms with Crippen LogP contribution in [0.4, 0.5) is 0 Å². The topological polar surface area (TPSA) is 85.1 Å². The Balaban J connectivity index is 2.22. The van der Waals surface area contributed by atoms with Gasteiger partial charge in [0.2, 0.25) is 11.8 Å². The number of amides is 1. The van der Waals surface area contributed by atoms with Gasteiger partial charge in [0.05, 0.1) is 6.42 Å². The van der Waals surface area contributed by atoms with Gasteiger partial charge in [0, 0.05) is 19.9 Å². The minimum Gasteiger partial charge on any atom is -0.355 e. The van der Waals surface area contributed by atoms with E-state index in [4.69, 9.17) is 4.52 Å². The van der Waals surface area contributed by atoms with Crippen LogP contribution in [0.15, 0.2) is 4.52 Å². The highest BCUT2D eigenvalue weighted by Gasteiger charge is 2.05. The molecule has 6 heteroatoms. The molecule has 82 valence electrons. The smallest absolute Gasteiger partial charge is 0.227 e. The van der Waals surface area contributed by atoms with Gasteiger partial charge in [-0.2, -0.15) is 4.98 Å². The lowest BCUT2D eigenvalue weighted by Crippen LogP contribution is -2.27. The molecule has 1 rings (SSSR count). The van der Waals surface area contributed by atoms with Gasteiger partial charge in [-0.25, -0.2) is 0 Å². The molecule has 1 N–H and O–H groups in total. The highest BCUT2D eigenvalue weighted by atomic mass is 16.5. The number of carbonyl (C=O) groups is 2. The fourth-order valence-electron chi connectivity index (χ4n) is 1.05. The Hall–Kier alpha value is -1.72. The number of ketones is 1. The summed E-state index contributed by atoms with van der Waals surface area (Å²) in [7, 11) is 0. The number of nitrogens with zero attached hydrogens (tertiary/aromatic N) is 2. The minimum atomic E-state index is -0.275. The van der Waals surface area contributed by atoms with Gasteiger partial charge < -0.3 is 9.84 Å². The number of hydrogen-bond donors (Lipinski definition) is 1. The highest BCUT2D eigenvalue weighted by molar-refractivity contribution is 5.96. The SMILES string of the molecule is CC(=O)CC(=O)NCCc1noc(C)n1. The van der Waals surface area contributed by atoms with Crippen LogP contribution in [0.2, 0.25) is 0 Å². The van der Waals surface area contributed by atoms with E-state index in [9.17, 15) is 9.59 Å². The zero-order valence-corrected chi connectivity index (χ0v) is 8.74. The van der Waals surface area contributed by atoms with Gasteiger partial charge in [0.15, 0.2) is 5.82 Å². The number of aryl methyl sites for hydroxylation is 1. The molecule has 0 aromatic carbocycles. The van der Waals surface area contributed by atoms with Gasteiger partial charge in [-0.15, -0.1) is 0 Å². The second kappa shape index (κ2) is 5.23. The Kier molecular flexibility index (Phi) is 3.96. The lowest BCUT2D eigenvalue weighted by molar-refractivity contribution is -0.127. The molecule has 1 amide bonds. The van der Waals surface area contributed by atoms with E-state index in [0.717, 1.165) is 0 Å². The zero-order valence-electron chi connectivity index (χ0n) is 8.74. The Morgan fingerprint density at radius 1 is 1.47 bits per heavy atom. The van der Waals surface area contributed by atoms with Gasteiger partial charge in [-0.3, -0.25) is 9.59 Å². The summed E-state index contributed by atoms with van der Waals surface area (Å²) in [5.74, 6) is 0.626. The van der Waals surface area contributed by atoms with E-state index >= 15 is 0 Å². The lowest BCUT2D eigenvalue weighted by atomic mass is 10.3. The maximum atomic E-state index is 11.1. The number of Topliss-reactive ketones (excluding diaryl/α,β-unsaturated/α-hetero) is 1. The molecular formula is C9H13N3O3. The number of aromatic nitrogens is 2. The van der Waals surface area contributed by atoms with Crippen LogP contribution >= 0.6 is 0 Å². The summed E-state index contributed by atoms with van der Waals surface area (Å²) in [6.45, 7) is 3.48. The molecule has 0 unspecified atom stereocenters. The molecule has 1 aromatic heterocycles. The third-order valence-corrected chi connectivity index (χ3v) is 1.65. The summed E-state index contributed by atoms with van der Waals surface area (Å²) in [6, 6.07) is 0. The molecule has 0 bridgehead atoms.